The van der Waals surface area contributed by atoms with Gasteiger partial charge in [-0.2, -0.15) is 12.1 Å². The summed E-state index contributed by atoms with van der Waals surface area (Å²) in [7, 11) is 0.736. The molecule has 3 heteroatoms. The maximum absolute atomic E-state index is 6.18. The number of fused-ring (bicyclic) bond motifs is 1. The summed E-state index contributed by atoms with van der Waals surface area (Å²) in [5, 5.41) is 4.25. The Kier molecular flexibility index (Phi) is 10.6. The van der Waals surface area contributed by atoms with Gasteiger partial charge in [0.1, 0.15) is 0 Å². The first-order valence-corrected chi connectivity index (χ1v) is 15.9. The molecule has 0 fully saturated rings. The SMILES string of the molecule is CC1=C(C)C(C)C(C(CCCOC(C)(C)C)[Si]c2c(C(C)(C)C)ccc(-c3cccc4[cH-]ccc34)c2C)=C1C.[Zr]. The molecule has 0 heterocycles. The Labute approximate surface area is 266 Å². The molecule has 0 saturated heterocycles. The van der Waals surface area contributed by atoms with Crippen LogP contribution in [0.3, 0.4) is 0 Å². The van der Waals surface area contributed by atoms with Crippen molar-refractivity contribution in [3.63, 3.8) is 0 Å². The molecule has 0 N–H and O–H groups in total. The fourth-order valence-electron chi connectivity index (χ4n) is 6.32. The molecule has 1 aliphatic carbocycles. The van der Waals surface area contributed by atoms with Gasteiger partial charge in [0.2, 0.25) is 0 Å². The second-order valence-electron chi connectivity index (χ2n) is 13.7. The average Bonchev–Trinajstić information content (AvgIpc) is 3.40. The van der Waals surface area contributed by atoms with Gasteiger partial charge in [0.05, 0.1) is 15.1 Å². The van der Waals surface area contributed by atoms with E-state index in [9.17, 15) is 0 Å². The molecule has 1 aliphatic rings. The van der Waals surface area contributed by atoms with Gasteiger partial charge in [-0.15, -0.1) is 29.0 Å². The van der Waals surface area contributed by atoms with Crippen LogP contribution in [-0.2, 0) is 36.4 Å². The molecule has 2 radical (unpaired) electrons. The Morgan fingerprint density at radius 1 is 0.900 bits per heavy atom. The maximum atomic E-state index is 6.18. The Morgan fingerprint density at radius 3 is 2.20 bits per heavy atom. The van der Waals surface area contributed by atoms with E-state index in [1.165, 1.54) is 44.2 Å². The molecule has 1 nitrogen and oxygen atoms in total. The number of hydrogen-bond acceptors (Lipinski definition) is 1. The predicted molar refractivity (Wildman–Crippen MR) is 173 cm³/mol. The van der Waals surface area contributed by atoms with E-state index < -0.39 is 0 Å². The van der Waals surface area contributed by atoms with Gasteiger partial charge in [-0.05, 0) is 106 Å². The van der Waals surface area contributed by atoms with E-state index in [-0.39, 0.29) is 37.2 Å². The molecule has 0 spiro atoms. The van der Waals surface area contributed by atoms with Gasteiger partial charge in [0, 0.05) is 32.8 Å². The third-order valence-electron chi connectivity index (χ3n) is 8.81. The number of hydrogen-bond donors (Lipinski definition) is 0. The number of ether oxygens (including phenoxy) is 1. The van der Waals surface area contributed by atoms with Gasteiger partial charge in [-0.25, -0.2) is 0 Å². The van der Waals surface area contributed by atoms with Crippen LogP contribution >= 0.6 is 0 Å². The van der Waals surface area contributed by atoms with Crippen LogP contribution in [0.25, 0.3) is 21.9 Å². The summed E-state index contributed by atoms with van der Waals surface area (Å²) in [5.74, 6) is 0.519. The van der Waals surface area contributed by atoms with Gasteiger partial charge in [0.15, 0.2) is 0 Å². The molecule has 0 bridgehead atoms. The first-order valence-electron chi connectivity index (χ1n) is 14.8. The summed E-state index contributed by atoms with van der Waals surface area (Å²) in [4.78, 5) is 0. The smallest absolute Gasteiger partial charge is 0.0895 e. The van der Waals surface area contributed by atoms with Crippen molar-refractivity contribution in [1.82, 2.24) is 0 Å². The molecule has 0 aromatic heterocycles. The van der Waals surface area contributed by atoms with E-state index in [1.54, 1.807) is 16.3 Å². The Hall–Kier alpha value is -1.41. The monoisotopic (exact) mass is 627 g/mol. The summed E-state index contributed by atoms with van der Waals surface area (Å²) in [6.07, 6.45) is 2.25. The topological polar surface area (TPSA) is 9.23 Å². The quantitative estimate of drug-likeness (QED) is 0.137. The molecule has 3 aromatic carbocycles. The number of benzene rings is 2. The molecule has 2 unspecified atom stereocenters. The largest absolute Gasteiger partial charge is 0.376 e. The van der Waals surface area contributed by atoms with Crippen LogP contribution in [0.2, 0.25) is 5.54 Å². The molecule has 0 saturated carbocycles. The van der Waals surface area contributed by atoms with Crippen LogP contribution < -0.4 is 5.19 Å². The second kappa shape index (κ2) is 12.8. The molecule has 4 rings (SSSR count). The van der Waals surface area contributed by atoms with E-state index in [1.807, 2.05) is 0 Å². The fraction of sp³-hybridized carbons (Fsp3) is 0.486. The molecule has 0 aliphatic heterocycles. The van der Waals surface area contributed by atoms with Crippen molar-refractivity contribution >= 4 is 25.5 Å². The van der Waals surface area contributed by atoms with Crippen LogP contribution in [0.4, 0.5) is 0 Å². The average molecular weight is 629 g/mol. The van der Waals surface area contributed by atoms with Crippen molar-refractivity contribution in [3.8, 4) is 11.1 Å². The Bertz CT molecular complexity index is 1410. The van der Waals surface area contributed by atoms with Crippen molar-refractivity contribution in [2.45, 2.75) is 106 Å². The zero-order chi connectivity index (χ0) is 28.7. The summed E-state index contributed by atoms with van der Waals surface area (Å²) in [6.45, 7) is 26.3. The second-order valence-corrected chi connectivity index (χ2v) is 15.1. The van der Waals surface area contributed by atoms with Crippen LogP contribution in [0.5, 0.6) is 0 Å². The Morgan fingerprint density at radius 2 is 1.60 bits per heavy atom. The van der Waals surface area contributed by atoms with Crippen molar-refractivity contribution in [1.29, 1.82) is 0 Å². The first-order chi connectivity index (χ1) is 18.2. The van der Waals surface area contributed by atoms with Gasteiger partial charge in [0.25, 0.3) is 0 Å². The van der Waals surface area contributed by atoms with Gasteiger partial charge in [-0.3, -0.25) is 0 Å². The predicted octanol–water partition coefficient (Wildman–Crippen LogP) is 9.85. The number of allylic oxidation sites excluding steroid dienone is 4. The summed E-state index contributed by atoms with van der Waals surface area (Å²) in [6, 6.07) is 18.2. The van der Waals surface area contributed by atoms with E-state index >= 15 is 0 Å². The van der Waals surface area contributed by atoms with E-state index in [0.717, 1.165) is 29.0 Å². The zero-order valence-corrected chi connectivity index (χ0v) is 30.3. The van der Waals surface area contributed by atoms with Gasteiger partial charge in [-0.1, -0.05) is 67.8 Å². The summed E-state index contributed by atoms with van der Waals surface area (Å²) in [5.41, 5.74) is 12.5. The van der Waals surface area contributed by atoms with Crippen LogP contribution in [0.1, 0.15) is 93.2 Å². The number of rotatable bonds is 8. The first kappa shape index (κ1) is 33.1. The standard InChI is InChI=1S/C37H49OSi.Zr/c1-23-24(2)26(4)34(25(23)3)33(19-14-22-38-37(9,10)11)39-35-27(5)29(20-21-32(35)36(6,7)8)31-18-13-16-28-15-12-17-30(28)31;/h12-13,15-18,20-21,25,33H,14,19,22H2,1-11H3;/q-1;. The zero-order valence-electron chi connectivity index (χ0n) is 26.8. The maximum Gasteiger partial charge on any atom is 0.0895 e. The van der Waals surface area contributed by atoms with Crippen molar-refractivity contribution in [3.05, 3.63) is 82.0 Å². The minimum atomic E-state index is -0.0888. The summed E-state index contributed by atoms with van der Waals surface area (Å²) < 4.78 is 6.18. The Balaban J connectivity index is 0.00000441. The molecule has 0 amide bonds. The van der Waals surface area contributed by atoms with E-state index in [4.69, 9.17) is 4.74 Å². The molecular weight excluding hydrogens is 580 g/mol. The van der Waals surface area contributed by atoms with Crippen LogP contribution in [-0.4, -0.2) is 21.7 Å². The molecule has 40 heavy (non-hydrogen) atoms. The minimum absolute atomic E-state index is 0. The van der Waals surface area contributed by atoms with E-state index in [2.05, 4.69) is 125 Å². The molecule has 212 valence electrons. The normalized spacial score (nSPS) is 17.1. The van der Waals surface area contributed by atoms with Crippen LogP contribution in [0, 0.1) is 12.8 Å². The third-order valence-corrected chi connectivity index (χ3v) is 10.7. The van der Waals surface area contributed by atoms with Crippen molar-refractivity contribution in [2.75, 3.05) is 6.61 Å². The minimum Gasteiger partial charge on any atom is -0.376 e. The van der Waals surface area contributed by atoms with Gasteiger partial charge >= 0.3 is 0 Å². The molecular formula is C37H49OSiZr-. The third kappa shape index (κ3) is 6.96. The fourth-order valence-corrected chi connectivity index (χ4v) is 8.60. The molecule has 3 aromatic rings. The van der Waals surface area contributed by atoms with Crippen LogP contribution in [0.15, 0.2) is 70.8 Å². The van der Waals surface area contributed by atoms with Gasteiger partial charge < -0.3 is 4.74 Å². The van der Waals surface area contributed by atoms with E-state index in [0.29, 0.717) is 11.5 Å². The van der Waals surface area contributed by atoms with Crippen molar-refractivity contribution < 1.29 is 30.9 Å². The van der Waals surface area contributed by atoms with Crippen molar-refractivity contribution in [2.24, 2.45) is 5.92 Å². The summed E-state index contributed by atoms with van der Waals surface area (Å²) >= 11 is 0. The molecule has 2 atom stereocenters.